The van der Waals surface area contributed by atoms with Crippen molar-refractivity contribution >= 4 is 14.4 Å². The number of esters is 1. The first kappa shape index (κ1) is 47.2. The van der Waals surface area contributed by atoms with Gasteiger partial charge in [-0.25, -0.2) is 22.4 Å². The van der Waals surface area contributed by atoms with Crippen molar-refractivity contribution in [2.24, 2.45) is 10.8 Å². The second-order valence-corrected chi connectivity index (χ2v) is 19.3. The van der Waals surface area contributed by atoms with Crippen molar-refractivity contribution in [2.75, 3.05) is 33.0 Å². The van der Waals surface area contributed by atoms with Crippen LogP contribution in [0.4, 0.5) is 17.6 Å². The quantitative estimate of drug-likeness (QED) is 0.255. The second-order valence-electron chi connectivity index (χ2n) is 19.3. The number of carbonyl (C=O) groups excluding carboxylic acids is 1. The fraction of sp³-hybridized carbons (Fsp3) is 0.833. The molecule has 2 spiro atoms. The number of rotatable bonds is 5. The van der Waals surface area contributed by atoms with E-state index in [1.807, 2.05) is 0 Å². The summed E-state index contributed by atoms with van der Waals surface area (Å²) in [5.41, 5.74) is 3.84. The Balaban J connectivity index is 0.000000223. The molecule has 0 atom stereocenters. The predicted octanol–water partition coefficient (Wildman–Crippen LogP) is 5.04. The molecule has 1 N–H and O–H groups in total. The number of hydrogen-bond acceptors (Lipinski definition) is 8. The number of carbonyl (C=O) groups is 1. The maximum absolute atomic E-state index is 13.9. The molecule has 7 aliphatic rings. The van der Waals surface area contributed by atoms with E-state index in [0.29, 0.717) is 22.6 Å². The minimum atomic E-state index is -2.79. The Hall–Kier alpha value is -1.89. The fourth-order valence-corrected chi connectivity index (χ4v) is 10.8. The van der Waals surface area contributed by atoms with Crippen molar-refractivity contribution in [1.82, 2.24) is 19.6 Å². The molecule has 7 heterocycles. The van der Waals surface area contributed by atoms with Crippen molar-refractivity contribution in [3.63, 3.8) is 0 Å². The van der Waals surface area contributed by atoms with Crippen LogP contribution >= 0.6 is 0 Å². The van der Waals surface area contributed by atoms with E-state index in [4.69, 9.17) is 18.9 Å². The van der Waals surface area contributed by atoms with Gasteiger partial charge in [-0.15, -0.1) is 0 Å². The third-order valence-electron chi connectivity index (χ3n) is 13.1. The van der Waals surface area contributed by atoms with Gasteiger partial charge in [0.1, 0.15) is 13.1 Å². The van der Waals surface area contributed by atoms with Crippen LogP contribution in [0, 0.1) is 10.8 Å². The second kappa shape index (κ2) is 17.8. The number of aromatic nitrogens is 4. The van der Waals surface area contributed by atoms with Crippen LogP contribution in [0.5, 0.6) is 0 Å². The van der Waals surface area contributed by atoms with E-state index in [1.54, 1.807) is 6.92 Å². The summed E-state index contributed by atoms with van der Waals surface area (Å²) in [6, 6.07) is 0. The molecule has 0 amide bonds. The average molecular weight is 814 g/mol. The Morgan fingerprint density at radius 2 is 1.24 bits per heavy atom. The van der Waals surface area contributed by atoms with Gasteiger partial charge >= 0.3 is 24.8 Å². The van der Waals surface area contributed by atoms with Crippen LogP contribution in [0.2, 0.25) is 0 Å². The summed E-state index contributed by atoms with van der Waals surface area (Å²) in [6.07, 6.45) is 11.3. The van der Waals surface area contributed by atoms with Gasteiger partial charge in [-0.1, -0.05) is 27.7 Å². The topological polar surface area (TPSA) is 110 Å². The molecule has 10 nitrogen and oxygen atoms in total. The van der Waals surface area contributed by atoms with Crippen LogP contribution in [0.15, 0.2) is 0 Å². The summed E-state index contributed by atoms with van der Waals surface area (Å²) in [6.45, 7) is 13.5. The Morgan fingerprint density at radius 3 is 1.64 bits per heavy atom. The molecule has 0 unspecified atom stereocenters. The molecule has 2 aliphatic carbocycles. The molecule has 2 aromatic rings. The van der Waals surface area contributed by atoms with Crippen molar-refractivity contribution in [1.29, 1.82) is 0 Å². The van der Waals surface area contributed by atoms with E-state index in [0.717, 1.165) is 96.2 Å². The zero-order chi connectivity index (χ0) is 40.1. The third-order valence-corrected chi connectivity index (χ3v) is 13.1. The van der Waals surface area contributed by atoms with Crippen LogP contribution in [0.25, 0.3) is 0 Å². The largest absolute Gasteiger partial charge is 1.00 e. The van der Waals surface area contributed by atoms with Gasteiger partial charge < -0.3 is 25.5 Å². The number of hydrogen-bond donors (Lipinski definition) is 1. The Labute approximate surface area is 356 Å². The van der Waals surface area contributed by atoms with Gasteiger partial charge in [0, 0.05) is 44.1 Å². The maximum atomic E-state index is 13.9. The number of nitrogens with zero attached hydrogens (tertiary/aromatic N) is 4. The molecule has 58 heavy (non-hydrogen) atoms. The van der Waals surface area contributed by atoms with Crippen molar-refractivity contribution in [3.05, 3.63) is 33.9 Å². The minimum absolute atomic E-state index is 0. The van der Waals surface area contributed by atoms with E-state index < -0.39 is 24.4 Å². The summed E-state index contributed by atoms with van der Waals surface area (Å²) in [5, 5.41) is 18.1. The molecule has 319 valence electrons. The van der Waals surface area contributed by atoms with Crippen LogP contribution in [0.1, 0.15) is 164 Å². The number of aliphatic hydroxyl groups is 1. The van der Waals surface area contributed by atoms with Crippen molar-refractivity contribution in [3.8, 4) is 0 Å². The molecule has 9 rings (SSSR count). The fourth-order valence-electron chi connectivity index (χ4n) is 10.8. The molecule has 0 aromatic carbocycles. The standard InChI is InChI=1S/C20H28F2N2O3.C18H26F2N2O2.C4H8O.B.Li.H/c1-4-26-17(25)16-15(14-9-20(21,22)11-24(14)23-16)13-5-7-19(8-6-13)10-18(2,3)12-27-19;1-16(2)9-17(24-11-16)5-3-12(4-6-17)15-13(8-23)21-22-10-18(19,20)7-14(15)22;1-2-4-5-3-1;;;/h13H,4-12H2,1-3H3;12,23H,3-11H2,1-2H3;1-4H2;;;/q;;;;+1;-1. The van der Waals surface area contributed by atoms with E-state index in [2.05, 4.69) is 37.9 Å². The zero-order valence-electron chi connectivity index (χ0n) is 36.6. The van der Waals surface area contributed by atoms with Gasteiger partial charge in [-0.05, 0) is 107 Å². The van der Waals surface area contributed by atoms with Crippen LogP contribution < -0.4 is 18.9 Å². The third kappa shape index (κ3) is 10.2. The van der Waals surface area contributed by atoms with E-state index in [9.17, 15) is 27.5 Å². The van der Waals surface area contributed by atoms with Crippen LogP contribution in [-0.2, 0) is 51.5 Å². The zero-order valence-corrected chi connectivity index (χ0v) is 35.6. The van der Waals surface area contributed by atoms with Crippen LogP contribution in [0.3, 0.4) is 0 Å². The molecule has 5 fully saturated rings. The van der Waals surface area contributed by atoms with Gasteiger partial charge in [0.05, 0.1) is 56.2 Å². The molecular formula is C42H63BF4LiN4O6. The number of fused-ring (bicyclic) bond motifs is 2. The van der Waals surface area contributed by atoms with Crippen molar-refractivity contribution < 1.29 is 66.7 Å². The number of alkyl halides is 4. The maximum Gasteiger partial charge on any atom is 1.00 e. The Bertz CT molecular complexity index is 1730. The van der Waals surface area contributed by atoms with E-state index in [-0.39, 0.29) is 101 Å². The van der Waals surface area contributed by atoms with Gasteiger partial charge in [0.15, 0.2) is 5.69 Å². The summed E-state index contributed by atoms with van der Waals surface area (Å²) >= 11 is 0. The van der Waals surface area contributed by atoms with Crippen molar-refractivity contribution in [2.45, 2.75) is 179 Å². The monoisotopic (exact) mass is 813 g/mol. The molecule has 3 radical (unpaired) electrons. The summed E-state index contributed by atoms with van der Waals surface area (Å²) in [7, 11) is 0. The SMILES string of the molecule is C1CCOC1.CC1(C)COC2(CCC(c3c(CO)nn4c3CC(F)(F)C4)CC2)C1.CCOC(=O)c1nn2c(c1C1CCC3(CC1)CC(C)(C)CO3)CC(F)(F)C2.[B].[H-].[Li+]. The summed E-state index contributed by atoms with van der Waals surface area (Å²) in [5.74, 6) is -5.74. The first-order valence-corrected chi connectivity index (χ1v) is 20.9. The average Bonchev–Trinajstić information content (AvgIpc) is 3.99. The van der Waals surface area contributed by atoms with Gasteiger partial charge in [0.25, 0.3) is 11.8 Å². The number of halogens is 4. The Morgan fingerprint density at radius 1 is 0.793 bits per heavy atom. The molecule has 5 aliphatic heterocycles. The molecule has 3 saturated heterocycles. The smallest absolute Gasteiger partial charge is 1.00 e. The minimum Gasteiger partial charge on any atom is -1.00 e. The Kier molecular flexibility index (Phi) is 14.5. The molecule has 2 aromatic heterocycles. The normalized spacial score (nSPS) is 30.7. The van der Waals surface area contributed by atoms with Gasteiger partial charge in [-0.3, -0.25) is 9.36 Å². The predicted molar refractivity (Wildman–Crippen MR) is 207 cm³/mol. The molecule has 0 bridgehead atoms. The van der Waals surface area contributed by atoms with E-state index >= 15 is 0 Å². The summed E-state index contributed by atoms with van der Waals surface area (Å²) < 4.78 is 80.5. The first-order chi connectivity index (χ1) is 26.4. The van der Waals surface area contributed by atoms with Crippen LogP contribution in [-0.4, -0.2) is 95.1 Å². The van der Waals surface area contributed by atoms with E-state index in [1.165, 1.54) is 22.2 Å². The number of aliphatic hydroxyl groups excluding tert-OH is 1. The molecular weight excluding hydrogens is 750 g/mol. The molecule has 16 heteroatoms. The van der Waals surface area contributed by atoms with Gasteiger partial charge in [-0.2, -0.15) is 10.2 Å². The number of ether oxygens (including phenoxy) is 4. The first-order valence-electron chi connectivity index (χ1n) is 20.9. The summed E-state index contributed by atoms with van der Waals surface area (Å²) in [4.78, 5) is 12.4. The molecule has 2 saturated carbocycles. The van der Waals surface area contributed by atoms with Gasteiger partial charge in [0.2, 0.25) is 0 Å².